The maximum atomic E-state index is 11.1. The second-order valence-electron chi connectivity index (χ2n) is 5.51. The van der Waals surface area contributed by atoms with Gasteiger partial charge in [0.15, 0.2) is 0 Å². The lowest BCUT2D eigenvalue weighted by molar-refractivity contribution is -0.311. The van der Waals surface area contributed by atoms with Gasteiger partial charge < -0.3 is 14.5 Å². The Balaban J connectivity index is 2.02. The van der Waals surface area contributed by atoms with Gasteiger partial charge in [-0.05, 0) is 17.7 Å². The van der Waals surface area contributed by atoms with Crippen molar-refractivity contribution in [2.75, 3.05) is 0 Å². The minimum atomic E-state index is -1.04. The number of aromatic nitrogens is 2. The van der Waals surface area contributed by atoms with E-state index in [1.165, 1.54) is 0 Å². The van der Waals surface area contributed by atoms with E-state index in [0.29, 0.717) is 13.0 Å². The number of nitrogens with zero attached hydrogens (tertiary/aromatic N) is 2. The Kier molecular flexibility index (Phi) is 3.92. The smallest absolute Gasteiger partial charge is 0.114 e. The molecule has 0 aliphatic rings. The first-order chi connectivity index (χ1) is 10.6. The molecule has 1 atom stereocenters. The van der Waals surface area contributed by atoms with Crippen LogP contribution in [-0.4, -0.2) is 15.5 Å². The van der Waals surface area contributed by atoms with Gasteiger partial charge in [-0.1, -0.05) is 49.4 Å². The Morgan fingerprint density at radius 3 is 2.55 bits per heavy atom. The quantitative estimate of drug-likeness (QED) is 0.723. The SMILES string of the molecule is C[C@H](Cn1c(Cc2ccccc2)nc2ccccc21)C(=O)[O-]. The Morgan fingerprint density at radius 1 is 1.14 bits per heavy atom. The molecule has 0 fully saturated rings. The van der Waals surface area contributed by atoms with Gasteiger partial charge in [-0.15, -0.1) is 0 Å². The van der Waals surface area contributed by atoms with Crippen LogP contribution in [0.15, 0.2) is 54.6 Å². The number of carboxylic acid groups (broad SMARTS) is 1. The first-order valence-electron chi connectivity index (χ1n) is 7.34. The van der Waals surface area contributed by atoms with Crippen molar-refractivity contribution in [2.45, 2.75) is 19.9 Å². The monoisotopic (exact) mass is 293 g/mol. The van der Waals surface area contributed by atoms with Gasteiger partial charge in [-0.2, -0.15) is 0 Å². The number of carbonyl (C=O) groups excluding carboxylic acids is 1. The third kappa shape index (κ3) is 2.86. The van der Waals surface area contributed by atoms with E-state index in [4.69, 9.17) is 0 Å². The van der Waals surface area contributed by atoms with E-state index >= 15 is 0 Å². The molecule has 0 spiro atoms. The molecule has 0 radical (unpaired) electrons. The lowest BCUT2D eigenvalue weighted by Crippen LogP contribution is -2.32. The van der Waals surface area contributed by atoms with Crippen LogP contribution in [0, 0.1) is 5.92 Å². The average Bonchev–Trinajstić information content (AvgIpc) is 2.86. The van der Waals surface area contributed by atoms with E-state index < -0.39 is 11.9 Å². The summed E-state index contributed by atoms with van der Waals surface area (Å²) in [5.74, 6) is -0.726. The maximum Gasteiger partial charge on any atom is 0.114 e. The van der Waals surface area contributed by atoms with Crippen molar-refractivity contribution in [1.82, 2.24) is 9.55 Å². The van der Waals surface area contributed by atoms with Crippen molar-refractivity contribution in [3.63, 3.8) is 0 Å². The van der Waals surface area contributed by atoms with Gasteiger partial charge in [-0.3, -0.25) is 0 Å². The summed E-state index contributed by atoms with van der Waals surface area (Å²) in [5.41, 5.74) is 3.00. The van der Waals surface area contributed by atoms with Crippen molar-refractivity contribution in [3.8, 4) is 0 Å². The molecular weight excluding hydrogens is 276 g/mol. The normalized spacial score (nSPS) is 12.4. The summed E-state index contributed by atoms with van der Waals surface area (Å²) in [7, 11) is 0. The summed E-state index contributed by atoms with van der Waals surface area (Å²) < 4.78 is 1.99. The van der Waals surface area contributed by atoms with Crippen LogP contribution >= 0.6 is 0 Å². The highest BCUT2D eigenvalue weighted by Gasteiger charge is 2.14. The number of hydrogen-bond donors (Lipinski definition) is 0. The highest BCUT2D eigenvalue weighted by Crippen LogP contribution is 2.20. The molecule has 0 bridgehead atoms. The van der Waals surface area contributed by atoms with Gasteiger partial charge in [-0.25, -0.2) is 4.98 Å². The molecule has 0 aliphatic heterocycles. The summed E-state index contributed by atoms with van der Waals surface area (Å²) in [5, 5.41) is 11.1. The molecule has 0 unspecified atom stereocenters. The molecule has 4 heteroatoms. The van der Waals surface area contributed by atoms with Crippen molar-refractivity contribution in [2.24, 2.45) is 5.92 Å². The number of carboxylic acids is 1. The van der Waals surface area contributed by atoms with Gasteiger partial charge >= 0.3 is 0 Å². The Labute approximate surface area is 129 Å². The van der Waals surface area contributed by atoms with Crippen LogP contribution in [0.25, 0.3) is 11.0 Å². The van der Waals surface area contributed by atoms with Crippen LogP contribution in [0.1, 0.15) is 18.3 Å². The molecule has 1 aromatic heterocycles. The Bertz CT molecular complexity index is 793. The van der Waals surface area contributed by atoms with Crippen LogP contribution in [0.5, 0.6) is 0 Å². The van der Waals surface area contributed by atoms with Crippen molar-refractivity contribution < 1.29 is 9.90 Å². The predicted octanol–water partition coefficient (Wildman–Crippen LogP) is 2.01. The van der Waals surface area contributed by atoms with Gasteiger partial charge in [0.25, 0.3) is 0 Å². The number of fused-ring (bicyclic) bond motifs is 1. The van der Waals surface area contributed by atoms with E-state index in [0.717, 1.165) is 22.4 Å². The molecule has 0 aliphatic carbocycles. The van der Waals surface area contributed by atoms with Crippen LogP contribution in [0.3, 0.4) is 0 Å². The zero-order chi connectivity index (χ0) is 15.5. The summed E-state index contributed by atoms with van der Waals surface area (Å²) in [6.45, 7) is 2.03. The number of para-hydroxylation sites is 2. The largest absolute Gasteiger partial charge is 0.550 e. The van der Waals surface area contributed by atoms with Crippen molar-refractivity contribution in [1.29, 1.82) is 0 Å². The van der Waals surface area contributed by atoms with Gasteiger partial charge in [0.05, 0.1) is 11.0 Å². The second kappa shape index (κ2) is 6.02. The van der Waals surface area contributed by atoms with Crippen LogP contribution < -0.4 is 5.11 Å². The lowest BCUT2D eigenvalue weighted by atomic mass is 10.1. The molecular formula is C18H17N2O2-. The van der Waals surface area contributed by atoms with E-state index in [2.05, 4.69) is 4.98 Å². The molecule has 0 N–H and O–H groups in total. The van der Waals surface area contributed by atoms with Gasteiger partial charge in [0, 0.05) is 24.9 Å². The average molecular weight is 293 g/mol. The summed E-state index contributed by atoms with van der Waals surface area (Å²) >= 11 is 0. The molecule has 1 heterocycles. The standard InChI is InChI=1S/C18H18N2O2/c1-13(18(21)22)12-20-16-10-6-5-9-15(16)19-17(20)11-14-7-3-2-4-8-14/h2-10,13H,11-12H2,1H3,(H,21,22)/p-1/t13-/m1/s1. The number of hydrogen-bond acceptors (Lipinski definition) is 3. The van der Waals surface area contributed by atoms with Crippen LogP contribution in [0.4, 0.5) is 0 Å². The lowest BCUT2D eigenvalue weighted by Gasteiger charge is -2.16. The molecule has 0 saturated carbocycles. The number of carbonyl (C=O) groups is 1. The highest BCUT2D eigenvalue weighted by atomic mass is 16.4. The second-order valence-corrected chi connectivity index (χ2v) is 5.51. The molecule has 0 saturated heterocycles. The molecule has 4 nitrogen and oxygen atoms in total. The number of aliphatic carboxylic acids is 1. The molecule has 22 heavy (non-hydrogen) atoms. The van der Waals surface area contributed by atoms with Crippen molar-refractivity contribution >= 4 is 17.0 Å². The fourth-order valence-electron chi connectivity index (χ4n) is 2.59. The third-order valence-corrected chi connectivity index (χ3v) is 3.80. The molecule has 0 amide bonds. The minimum absolute atomic E-state index is 0.366. The van der Waals surface area contributed by atoms with E-state index in [9.17, 15) is 9.90 Å². The maximum absolute atomic E-state index is 11.1. The summed E-state index contributed by atoms with van der Waals surface area (Å²) in [6.07, 6.45) is 0.676. The summed E-state index contributed by atoms with van der Waals surface area (Å²) in [4.78, 5) is 15.8. The van der Waals surface area contributed by atoms with E-state index in [-0.39, 0.29) is 0 Å². The van der Waals surface area contributed by atoms with E-state index in [1.54, 1.807) is 6.92 Å². The van der Waals surface area contributed by atoms with Crippen LogP contribution in [0.2, 0.25) is 0 Å². The number of rotatable bonds is 5. The Hall–Kier alpha value is -2.62. The van der Waals surface area contributed by atoms with E-state index in [1.807, 2.05) is 59.2 Å². The fraction of sp³-hybridized carbons (Fsp3) is 0.222. The van der Waals surface area contributed by atoms with Crippen LogP contribution in [-0.2, 0) is 17.8 Å². The number of imidazole rings is 1. The fourth-order valence-corrected chi connectivity index (χ4v) is 2.59. The third-order valence-electron chi connectivity index (χ3n) is 3.80. The minimum Gasteiger partial charge on any atom is -0.550 e. The predicted molar refractivity (Wildman–Crippen MR) is 83.2 cm³/mol. The molecule has 3 aromatic rings. The highest BCUT2D eigenvalue weighted by molar-refractivity contribution is 5.76. The topological polar surface area (TPSA) is 58.0 Å². The van der Waals surface area contributed by atoms with Gasteiger partial charge in [0.1, 0.15) is 5.82 Å². The molecule has 3 rings (SSSR count). The summed E-state index contributed by atoms with van der Waals surface area (Å²) in [6, 6.07) is 17.9. The van der Waals surface area contributed by atoms with Crippen molar-refractivity contribution in [3.05, 3.63) is 66.0 Å². The Morgan fingerprint density at radius 2 is 1.82 bits per heavy atom. The zero-order valence-electron chi connectivity index (χ0n) is 12.4. The first kappa shape index (κ1) is 14.3. The first-order valence-corrected chi connectivity index (χ1v) is 7.34. The number of benzene rings is 2. The molecule has 112 valence electrons. The zero-order valence-corrected chi connectivity index (χ0v) is 12.4. The van der Waals surface area contributed by atoms with Gasteiger partial charge in [0.2, 0.25) is 0 Å². The molecule has 2 aromatic carbocycles.